The van der Waals surface area contributed by atoms with Crippen molar-refractivity contribution in [1.29, 1.82) is 0 Å². The van der Waals surface area contributed by atoms with E-state index in [0.717, 1.165) is 8.66 Å². The molecule has 0 aliphatic carbocycles. The lowest BCUT2D eigenvalue weighted by atomic mass is 10.2. The summed E-state index contributed by atoms with van der Waals surface area (Å²) in [4.78, 5) is 20.2. The van der Waals surface area contributed by atoms with Gasteiger partial charge in [-0.3, -0.25) is 4.79 Å². The molecule has 3 rings (SSSR count). The molecule has 3 nitrogen and oxygen atoms in total. The highest BCUT2D eigenvalue weighted by molar-refractivity contribution is 9.11. The Morgan fingerprint density at radius 3 is 2.79 bits per heavy atom. The van der Waals surface area contributed by atoms with Crippen molar-refractivity contribution in [1.82, 2.24) is 9.97 Å². The van der Waals surface area contributed by atoms with E-state index in [2.05, 4.69) is 25.9 Å². The highest BCUT2D eigenvalue weighted by atomic mass is 79.9. The summed E-state index contributed by atoms with van der Waals surface area (Å²) in [6.07, 6.45) is 3.74. The van der Waals surface area contributed by atoms with Crippen molar-refractivity contribution >= 4 is 50.3 Å². The number of aromatic amines is 1. The molecule has 0 fully saturated rings. The van der Waals surface area contributed by atoms with Gasteiger partial charge in [-0.05, 0) is 52.3 Å². The van der Waals surface area contributed by atoms with Crippen LogP contribution in [0.5, 0.6) is 0 Å². The minimum Gasteiger partial charge on any atom is -0.306 e. The number of H-pyrrole nitrogens is 1. The van der Waals surface area contributed by atoms with E-state index in [1.165, 1.54) is 0 Å². The summed E-state index contributed by atoms with van der Waals surface area (Å²) in [5.74, 6) is 0.563. The normalized spacial score (nSPS) is 11.4. The smallest absolute Gasteiger partial charge is 0.259 e. The lowest BCUT2D eigenvalue weighted by molar-refractivity contribution is 1.14. The Bertz CT molecular complexity index is 819. The first-order valence-electron chi connectivity index (χ1n) is 5.65. The summed E-state index contributed by atoms with van der Waals surface area (Å²) in [5, 5.41) is 0.610. The average Bonchev–Trinajstić information content (AvgIpc) is 2.82. The number of hydrogen-bond donors (Lipinski definition) is 1. The molecule has 0 aliphatic heterocycles. The Morgan fingerprint density at radius 2 is 2.00 bits per heavy atom. The first kappa shape index (κ1) is 12.3. The van der Waals surface area contributed by atoms with Gasteiger partial charge in [0.15, 0.2) is 0 Å². The van der Waals surface area contributed by atoms with Crippen molar-refractivity contribution in [2.75, 3.05) is 0 Å². The quantitative estimate of drug-likeness (QED) is 0.773. The number of fused-ring (bicyclic) bond motifs is 1. The van der Waals surface area contributed by atoms with E-state index in [9.17, 15) is 4.79 Å². The maximum absolute atomic E-state index is 11.9. The van der Waals surface area contributed by atoms with Crippen LogP contribution in [0.15, 0.2) is 45.0 Å². The van der Waals surface area contributed by atoms with E-state index in [0.29, 0.717) is 16.7 Å². The first-order valence-corrected chi connectivity index (χ1v) is 7.26. The maximum Gasteiger partial charge on any atom is 0.259 e. The van der Waals surface area contributed by atoms with E-state index in [1.54, 1.807) is 17.4 Å². The fourth-order valence-electron chi connectivity index (χ4n) is 1.76. The molecule has 1 N–H and O–H groups in total. The number of thiophene rings is 1. The molecule has 0 spiro atoms. The highest BCUT2D eigenvalue weighted by Gasteiger charge is 2.00. The van der Waals surface area contributed by atoms with Crippen LogP contribution in [0, 0.1) is 0 Å². The van der Waals surface area contributed by atoms with Crippen molar-refractivity contribution in [2.24, 2.45) is 0 Å². The number of para-hydroxylation sites is 1. The number of nitrogens with zero attached hydrogens (tertiary/aromatic N) is 1. The van der Waals surface area contributed by atoms with Crippen LogP contribution in [0.4, 0.5) is 0 Å². The van der Waals surface area contributed by atoms with Gasteiger partial charge in [-0.25, -0.2) is 4.98 Å². The molecule has 0 saturated carbocycles. The Morgan fingerprint density at radius 1 is 1.16 bits per heavy atom. The Balaban J connectivity index is 2.02. The van der Waals surface area contributed by atoms with Crippen LogP contribution < -0.4 is 5.56 Å². The van der Waals surface area contributed by atoms with Gasteiger partial charge in [0.05, 0.1) is 14.7 Å². The molecule has 0 unspecified atom stereocenters. The van der Waals surface area contributed by atoms with Crippen LogP contribution in [-0.4, -0.2) is 9.97 Å². The predicted octanol–water partition coefficient (Wildman–Crippen LogP) is 3.92. The fourth-order valence-corrected chi connectivity index (χ4v) is 3.09. The van der Waals surface area contributed by atoms with Crippen LogP contribution in [-0.2, 0) is 0 Å². The lowest BCUT2D eigenvalue weighted by Crippen LogP contribution is -2.09. The van der Waals surface area contributed by atoms with Crippen LogP contribution in [0.2, 0.25) is 0 Å². The largest absolute Gasteiger partial charge is 0.306 e. The Kier molecular flexibility index (Phi) is 3.31. The average molecular weight is 333 g/mol. The summed E-state index contributed by atoms with van der Waals surface area (Å²) < 4.78 is 1.08. The van der Waals surface area contributed by atoms with Crippen molar-refractivity contribution in [3.63, 3.8) is 0 Å². The van der Waals surface area contributed by atoms with Gasteiger partial charge in [0.2, 0.25) is 0 Å². The zero-order valence-corrected chi connectivity index (χ0v) is 12.2. The monoisotopic (exact) mass is 332 g/mol. The molecule has 0 saturated heterocycles. The Labute approximate surface area is 121 Å². The molecular formula is C14H9BrN2OS. The van der Waals surface area contributed by atoms with Gasteiger partial charge < -0.3 is 4.98 Å². The van der Waals surface area contributed by atoms with Gasteiger partial charge in [0, 0.05) is 4.88 Å². The van der Waals surface area contributed by atoms with Crippen LogP contribution in [0.25, 0.3) is 23.1 Å². The van der Waals surface area contributed by atoms with Gasteiger partial charge in [-0.2, -0.15) is 0 Å². The van der Waals surface area contributed by atoms with Crippen molar-refractivity contribution in [3.05, 3.63) is 61.2 Å². The van der Waals surface area contributed by atoms with E-state index in [-0.39, 0.29) is 5.56 Å². The van der Waals surface area contributed by atoms with E-state index < -0.39 is 0 Å². The minimum atomic E-state index is -0.113. The van der Waals surface area contributed by atoms with Gasteiger partial charge in [-0.1, -0.05) is 12.1 Å². The van der Waals surface area contributed by atoms with Crippen molar-refractivity contribution < 1.29 is 0 Å². The molecule has 0 aliphatic rings. The summed E-state index contributed by atoms with van der Waals surface area (Å²) in [7, 11) is 0. The summed E-state index contributed by atoms with van der Waals surface area (Å²) in [6, 6.07) is 11.3. The molecule has 2 heterocycles. The predicted molar refractivity (Wildman–Crippen MR) is 83.3 cm³/mol. The highest BCUT2D eigenvalue weighted by Crippen LogP contribution is 2.23. The van der Waals surface area contributed by atoms with E-state index in [4.69, 9.17) is 0 Å². The molecule has 5 heteroatoms. The van der Waals surface area contributed by atoms with Crippen molar-refractivity contribution in [3.8, 4) is 0 Å². The summed E-state index contributed by atoms with van der Waals surface area (Å²) >= 11 is 5.04. The van der Waals surface area contributed by atoms with Gasteiger partial charge in [0.25, 0.3) is 5.56 Å². The molecule has 0 atom stereocenters. The zero-order valence-electron chi connectivity index (χ0n) is 9.76. The fraction of sp³-hybridized carbons (Fsp3) is 0. The number of nitrogens with one attached hydrogen (secondary N) is 1. The first-order chi connectivity index (χ1) is 9.22. The summed E-state index contributed by atoms with van der Waals surface area (Å²) in [5.41, 5.74) is 0.593. The topological polar surface area (TPSA) is 45.8 Å². The third-order valence-corrected chi connectivity index (χ3v) is 4.22. The van der Waals surface area contributed by atoms with Crippen LogP contribution in [0.3, 0.4) is 0 Å². The van der Waals surface area contributed by atoms with Gasteiger partial charge in [0.1, 0.15) is 5.82 Å². The third kappa shape index (κ3) is 2.67. The Hall–Kier alpha value is -1.72. The lowest BCUT2D eigenvalue weighted by Gasteiger charge is -1.97. The number of hydrogen-bond acceptors (Lipinski definition) is 3. The molecule has 19 heavy (non-hydrogen) atoms. The summed E-state index contributed by atoms with van der Waals surface area (Å²) in [6.45, 7) is 0. The standard InChI is InChI=1S/C14H9BrN2OS/c15-12-7-5-9(19-12)6-8-13-16-11-4-2-1-3-10(11)14(18)17-13/h1-8H,(H,16,17,18). The molecule has 0 radical (unpaired) electrons. The molecule has 94 valence electrons. The maximum atomic E-state index is 11.9. The van der Waals surface area contributed by atoms with Crippen LogP contribution in [0.1, 0.15) is 10.7 Å². The van der Waals surface area contributed by atoms with Crippen molar-refractivity contribution in [2.45, 2.75) is 0 Å². The molecule has 1 aromatic carbocycles. The number of aromatic nitrogens is 2. The minimum absolute atomic E-state index is 0.113. The zero-order chi connectivity index (χ0) is 13.2. The second kappa shape index (κ2) is 5.11. The molecule has 2 aromatic heterocycles. The molecule has 0 amide bonds. The number of benzene rings is 1. The number of halogens is 1. The molecule has 3 aromatic rings. The van der Waals surface area contributed by atoms with E-state index >= 15 is 0 Å². The van der Waals surface area contributed by atoms with E-state index in [1.807, 2.05) is 42.5 Å². The van der Waals surface area contributed by atoms with Crippen LogP contribution >= 0.6 is 27.3 Å². The number of rotatable bonds is 2. The second-order valence-electron chi connectivity index (χ2n) is 3.94. The van der Waals surface area contributed by atoms with Gasteiger partial charge >= 0.3 is 0 Å². The van der Waals surface area contributed by atoms with Gasteiger partial charge in [-0.15, -0.1) is 11.3 Å². The molecular weight excluding hydrogens is 324 g/mol. The third-order valence-electron chi connectivity index (χ3n) is 2.63. The molecule has 0 bridgehead atoms. The second-order valence-corrected chi connectivity index (χ2v) is 6.44. The SMILES string of the molecule is O=c1[nH]c(C=Cc2ccc(Br)s2)nc2ccccc12.